The summed E-state index contributed by atoms with van der Waals surface area (Å²) >= 11 is 1.60. The fraction of sp³-hybridized carbons (Fsp3) is 0.167. The number of nitrogens with zero attached hydrogens (tertiary/aromatic N) is 2. The predicted molar refractivity (Wildman–Crippen MR) is 48.6 cm³/mol. The van der Waals surface area contributed by atoms with Crippen LogP contribution in [-0.2, 0) is 6.18 Å². The van der Waals surface area contributed by atoms with Gasteiger partial charge in [-0.3, -0.25) is 10.1 Å². The Hall–Kier alpha value is -0.930. The van der Waals surface area contributed by atoms with E-state index in [1.54, 1.807) is 22.6 Å². The molecule has 0 spiro atoms. The lowest BCUT2D eigenvalue weighted by atomic mass is 10.2. The predicted octanol–water partition coefficient (Wildman–Crippen LogP) is 2.61. The number of hydrogen-bond donors (Lipinski definition) is 0. The summed E-state index contributed by atoms with van der Waals surface area (Å²) < 4.78 is 36.7. The molecule has 0 atom stereocenters. The van der Waals surface area contributed by atoms with E-state index >= 15 is 0 Å². The van der Waals surface area contributed by atoms with E-state index in [2.05, 4.69) is 4.98 Å². The molecule has 1 rings (SSSR count). The highest BCUT2D eigenvalue weighted by Crippen LogP contribution is 2.35. The van der Waals surface area contributed by atoms with E-state index in [0.717, 1.165) is 6.07 Å². The van der Waals surface area contributed by atoms with Crippen molar-refractivity contribution in [3.05, 3.63) is 31.6 Å². The monoisotopic (exact) mass is 318 g/mol. The minimum atomic E-state index is -4.75. The molecule has 0 aliphatic heterocycles. The summed E-state index contributed by atoms with van der Waals surface area (Å²) in [6.45, 7) is 0. The van der Waals surface area contributed by atoms with Gasteiger partial charge in [0, 0.05) is 12.3 Å². The van der Waals surface area contributed by atoms with Crippen LogP contribution >= 0.6 is 22.6 Å². The van der Waals surface area contributed by atoms with Crippen LogP contribution in [0.1, 0.15) is 5.56 Å². The van der Waals surface area contributed by atoms with Gasteiger partial charge in [-0.1, -0.05) is 0 Å². The lowest BCUT2D eigenvalue weighted by Gasteiger charge is -2.06. The molecular formula is C6H2F3IN2O2. The molecule has 0 aliphatic rings. The van der Waals surface area contributed by atoms with Crippen LogP contribution in [0.3, 0.4) is 0 Å². The number of pyridine rings is 1. The maximum Gasteiger partial charge on any atom is 0.424 e. The number of nitro groups is 1. The van der Waals surface area contributed by atoms with Gasteiger partial charge in [0.2, 0.25) is 0 Å². The molecule has 0 radical (unpaired) electrons. The minimum Gasteiger partial charge on any atom is -0.258 e. The van der Waals surface area contributed by atoms with E-state index in [9.17, 15) is 23.3 Å². The van der Waals surface area contributed by atoms with Gasteiger partial charge in [-0.2, -0.15) is 13.2 Å². The topological polar surface area (TPSA) is 56.0 Å². The standard InChI is InChI=1S/C6H2F3IN2O2/c7-6(8,9)3-2-11-5(10)1-4(3)12(13)14/h1-2H. The van der Waals surface area contributed by atoms with Gasteiger partial charge in [0.1, 0.15) is 3.70 Å². The molecule has 8 heteroatoms. The summed E-state index contributed by atoms with van der Waals surface area (Å²) in [5.41, 5.74) is -2.31. The normalized spacial score (nSPS) is 11.4. The summed E-state index contributed by atoms with van der Waals surface area (Å²) in [7, 11) is 0. The van der Waals surface area contributed by atoms with Crippen molar-refractivity contribution in [3.63, 3.8) is 0 Å². The Bertz CT molecular complexity index is 380. The summed E-state index contributed by atoms with van der Waals surface area (Å²) in [5, 5.41) is 10.3. The molecular weight excluding hydrogens is 316 g/mol. The highest BCUT2D eigenvalue weighted by Gasteiger charge is 2.38. The molecule has 0 amide bonds. The molecule has 0 N–H and O–H groups in total. The molecule has 1 heterocycles. The third kappa shape index (κ3) is 2.30. The zero-order valence-corrected chi connectivity index (χ0v) is 8.53. The van der Waals surface area contributed by atoms with Gasteiger partial charge < -0.3 is 0 Å². The number of alkyl halides is 3. The zero-order valence-electron chi connectivity index (χ0n) is 6.38. The summed E-state index contributed by atoms with van der Waals surface area (Å²) in [5.74, 6) is 0. The fourth-order valence-corrected chi connectivity index (χ4v) is 1.22. The van der Waals surface area contributed by atoms with Crippen molar-refractivity contribution < 1.29 is 18.1 Å². The van der Waals surface area contributed by atoms with Crippen molar-refractivity contribution in [2.75, 3.05) is 0 Å². The van der Waals surface area contributed by atoms with Crippen LogP contribution in [0.2, 0.25) is 0 Å². The van der Waals surface area contributed by atoms with Crippen molar-refractivity contribution in [1.82, 2.24) is 4.98 Å². The van der Waals surface area contributed by atoms with Crippen molar-refractivity contribution in [2.24, 2.45) is 0 Å². The highest BCUT2D eigenvalue weighted by molar-refractivity contribution is 14.1. The van der Waals surface area contributed by atoms with Crippen molar-refractivity contribution in [2.45, 2.75) is 6.18 Å². The van der Waals surface area contributed by atoms with Crippen molar-refractivity contribution >= 4 is 28.3 Å². The molecule has 0 unspecified atom stereocenters. The molecule has 1 aromatic heterocycles. The first-order chi connectivity index (χ1) is 6.32. The summed E-state index contributed by atoms with van der Waals surface area (Å²) in [4.78, 5) is 12.6. The maximum absolute atomic E-state index is 12.2. The first-order valence-corrected chi connectivity index (χ1v) is 4.27. The molecule has 76 valence electrons. The number of hydrogen-bond acceptors (Lipinski definition) is 3. The van der Waals surface area contributed by atoms with Crippen molar-refractivity contribution in [3.8, 4) is 0 Å². The summed E-state index contributed by atoms with van der Waals surface area (Å²) in [6.07, 6.45) is -4.29. The maximum atomic E-state index is 12.2. The molecule has 4 nitrogen and oxygen atoms in total. The van der Waals surface area contributed by atoms with Gasteiger partial charge in [0.15, 0.2) is 5.56 Å². The Morgan fingerprint density at radius 3 is 2.50 bits per heavy atom. The van der Waals surface area contributed by atoms with Crippen LogP contribution in [0.5, 0.6) is 0 Å². The number of halogens is 4. The first-order valence-electron chi connectivity index (χ1n) is 3.19. The van der Waals surface area contributed by atoms with Gasteiger partial charge in [-0.15, -0.1) is 0 Å². The first kappa shape index (κ1) is 11.1. The van der Waals surface area contributed by atoms with E-state index in [0.29, 0.717) is 6.20 Å². The van der Waals surface area contributed by atoms with Gasteiger partial charge in [0.25, 0.3) is 5.69 Å². The van der Waals surface area contributed by atoms with E-state index in [1.807, 2.05) is 0 Å². The van der Waals surface area contributed by atoms with Crippen LogP contribution < -0.4 is 0 Å². The van der Waals surface area contributed by atoms with Crippen LogP contribution in [0.25, 0.3) is 0 Å². The molecule has 0 bridgehead atoms. The Balaban J connectivity index is 3.37. The Labute approximate surface area is 89.4 Å². The smallest absolute Gasteiger partial charge is 0.258 e. The van der Waals surface area contributed by atoms with E-state index in [-0.39, 0.29) is 3.70 Å². The molecule has 0 fully saturated rings. The van der Waals surface area contributed by atoms with Crippen LogP contribution in [-0.4, -0.2) is 9.91 Å². The molecule has 0 saturated heterocycles. The molecule has 1 aromatic rings. The van der Waals surface area contributed by atoms with Gasteiger partial charge in [-0.05, 0) is 22.6 Å². The van der Waals surface area contributed by atoms with Gasteiger partial charge in [0.05, 0.1) is 4.92 Å². The Morgan fingerprint density at radius 2 is 2.07 bits per heavy atom. The lowest BCUT2D eigenvalue weighted by Crippen LogP contribution is -2.09. The summed E-state index contributed by atoms with van der Waals surface area (Å²) in [6, 6.07) is 0.781. The average molecular weight is 318 g/mol. The Morgan fingerprint density at radius 1 is 1.50 bits per heavy atom. The second-order valence-corrected chi connectivity index (χ2v) is 3.38. The largest absolute Gasteiger partial charge is 0.424 e. The fourth-order valence-electron chi connectivity index (χ4n) is 0.790. The molecule has 14 heavy (non-hydrogen) atoms. The van der Waals surface area contributed by atoms with Crippen LogP contribution in [0.15, 0.2) is 12.3 Å². The number of rotatable bonds is 1. The van der Waals surface area contributed by atoms with Crippen LogP contribution in [0, 0.1) is 13.8 Å². The zero-order chi connectivity index (χ0) is 10.9. The number of aromatic nitrogens is 1. The van der Waals surface area contributed by atoms with Gasteiger partial charge in [-0.25, -0.2) is 4.98 Å². The minimum absolute atomic E-state index is 0.141. The molecule has 0 aliphatic carbocycles. The van der Waals surface area contributed by atoms with E-state index < -0.39 is 22.4 Å². The third-order valence-corrected chi connectivity index (χ3v) is 1.94. The second-order valence-electron chi connectivity index (χ2n) is 2.28. The second kappa shape index (κ2) is 3.67. The SMILES string of the molecule is O=[N+]([O-])c1cc(I)ncc1C(F)(F)F. The highest BCUT2D eigenvalue weighted by atomic mass is 127. The van der Waals surface area contributed by atoms with Crippen LogP contribution in [0.4, 0.5) is 18.9 Å². The molecule has 0 saturated carbocycles. The molecule has 0 aromatic carbocycles. The quantitative estimate of drug-likeness (QED) is 0.346. The van der Waals surface area contributed by atoms with Gasteiger partial charge >= 0.3 is 6.18 Å². The lowest BCUT2D eigenvalue weighted by molar-refractivity contribution is -0.388. The Kier molecular flexibility index (Phi) is 2.92. The van der Waals surface area contributed by atoms with E-state index in [1.165, 1.54) is 0 Å². The average Bonchev–Trinajstić information content (AvgIpc) is 2.01. The third-order valence-electron chi connectivity index (χ3n) is 1.35. The van der Waals surface area contributed by atoms with E-state index in [4.69, 9.17) is 0 Å². The van der Waals surface area contributed by atoms with Crippen molar-refractivity contribution in [1.29, 1.82) is 0 Å².